The number of rotatable bonds is 4. The summed E-state index contributed by atoms with van der Waals surface area (Å²) < 4.78 is 0. The van der Waals surface area contributed by atoms with Gasteiger partial charge < -0.3 is 5.32 Å². The van der Waals surface area contributed by atoms with E-state index in [1.807, 2.05) is 6.92 Å². The molecule has 0 saturated heterocycles. The van der Waals surface area contributed by atoms with Gasteiger partial charge in [0, 0.05) is 18.3 Å². The van der Waals surface area contributed by atoms with Gasteiger partial charge in [0.15, 0.2) is 0 Å². The molecule has 7 heteroatoms. The van der Waals surface area contributed by atoms with Gasteiger partial charge in [-0.15, -0.1) is 10.2 Å². The third-order valence-corrected chi connectivity index (χ3v) is 2.95. The molecule has 0 bridgehead atoms. The number of pyridine rings is 1. The maximum absolute atomic E-state index is 12.0. The van der Waals surface area contributed by atoms with Crippen LogP contribution < -0.4 is 10.6 Å². The van der Waals surface area contributed by atoms with Gasteiger partial charge in [0.25, 0.3) is 5.91 Å². The molecular weight excluding hydrogens is 250 g/mol. The first-order chi connectivity index (χ1) is 8.72. The van der Waals surface area contributed by atoms with Crippen molar-refractivity contribution in [2.75, 3.05) is 17.7 Å². The van der Waals surface area contributed by atoms with Crippen molar-refractivity contribution in [1.82, 2.24) is 15.2 Å². The van der Waals surface area contributed by atoms with Crippen molar-refractivity contribution in [2.24, 2.45) is 0 Å². The van der Waals surface area contributed by atoms with E-state index in [4.69, 9.17) is 0 Å². The zero-order valence-corrected chi connectivity index (χ0v) is 10.9. The van der Waals surface area contributed by atoms with E-state index in [0.29, 0.717) is 16.5 Å². The van der Waals surface area contributed by atoms with Crippen LogP contribution in [0, 0.1) is 0 Å². The minimum atomic E-state index is -0.208. The molecule has 0 aliphatic carbocycles. The van der Waals surface area contributed by atoms with Gasteiger partial charge >= 0.3 is 0 Å². The van der Waals surface area contributed by atoms with Crippen molar-refractivity contribution in [3.63, 3.8) is 0 Å². The lowest BCUT2D eigenvalue weighted by molar-refractivity contribution is 0.102. The molecule has 18 heavy (non-hydrogen) atoms. The quantitative estimate of drug-likeness (QED) is 0.879. The molecule has 0 saturated carbocycles. The molecule has 0 unspecified atom stereocenters. The van der Waals surface area contributed by atoms with Crippen LogP contribution in [0.3, 0.4) is 0 Å². The van der Waals surface area contributed by atoms with Crippen LogP contribution in [0.15, 0.2) is 17.6 Å². The summed E-state index contributed by atoms with van der Waals surface area (Å²) in [5, 5.41) is 13.6. The number of hydrogen-bond acceptors (Lipinski definition) is 6. The maximum atomic E-state index is 12.0. The summed E-state index contributed by atoms with van der Waals surface area (Å²) in [6, 6.07) is 3.48. The Hall–Kier alpha value is -2.02. The van der Waals surface area contributed by atoms with E-state index in [0.717, 1.165) is 12.1 Å². The summed E-state index contributed by atoms with van der Waals surface area (Å²) in [4.78, 5) is 16.4. The fourth-order valence-electron chi connectivity index (χ4n) is 1.42. The normalized spacial score (nSPS) is 10.1. The first kappa shape index (κ1) is 12.4. The molecule has 2 aromatic rings. The van der Waals surface area contributed by atoms with Gasteiger partial charge in [0.2, 0.25) is 5.13 Å². The Morgan fingerprint density at radius 2 is 2.28 bits per heavy atom. The van der Waals surface area contributed by atoms with E-state index in [1.165, 1.54) is 11.3 Å². The third-order valence-electron chi connectivity index (χ3n) is 2.34. The summed E-state index contributed by atoms with van der Waals surface area (Å²) in [6.45, 7) is 1.99. The molecule has 0 aromatic carbocycles. The van der Waals surface area contributed by atoms with Crippen LogP contribution in [0.5, 0.6) is 0 Å². The second-order valence-electron chi connectivity index (χ2n) is 3.53. The van der Waals surface area contributed by atoms with Crippen LogP contribution in [-0.2, 0) is 6.42 Å². The van der Waals surface area contributed by atoms with Gasteiger partial charge in [-0.25, -0.2) is 4.98 Å². The van der Waals surface area contributed by atoms with Crippen molar-refractivity contribution in [2.45, 2.75) is 13.3 Å². The summed E-state index contributed by atoms with van der Waals surface area (Å²) in [7, 11) is 1.77. The van der Waals surface area contributed by atoms with Crippen LogP contribution in [-0.4, -0.2) is 28.1 Å². The van der Waals surface area contributed by atoms with Crippen molar-refractivity contribution >= 4 is 28.2 Å². The lowest BCUT2D eigenvalue weighted by atomic mass is 10.2. The molecule has 0 aliphatic heterocycles. The summed E-state index contributed by atoms with van der Waals surface area (Å²) >= 11 is 1.28. The van der Waals surface area contributed by atoms with Gasteiger partial charge in [0.1, 0.15) is 11.3 Å². The monoisotopic (exact) mass is 263 g/mol. The second-order valence-corrected chi connectivity index (χ2v) is 4.37. The fourth-order valence-corrected chi connectivity index (χ4v) is 1.86. The summed E-state index contributed by atoms with van der Waals surface area (Å²) in [6.07, 6.45) is 0.772. The minimum Gasteiger partial charge on any atom is -0.373 e. The number of carbonyl (C=O) groups excluding carboxylic acids is 1. The van der Waals surface area contributed by atoms with Crippen molar-refractivity contribution in [3.05, 3.63) is 28.9 Å². The van der Waals surface area contributed by atoms with E-state index < -0.39 is 0 Å². The highest BCUT2D eigenvalue weighted by atomic mass is 32.1. The van der Waals surface area contributed by atoms with Crippen LogP contribution in [0.1, 0.15) is 23.0 Å². The topological polar surface area (TPSA) is 79.8 Å². The van der Waals surface area contributed by atoms with Crippen LogP contribution in [0.4, 0.5) is 10.9 Å². The van der Waals surface area contributed by atoms with Gasteiger partial charge in [-0.2, -0.15) is 0 Å². The molecule has 1 amide bonds. The first-order valence-electron chi connectivity index (χ1n) is 5.49. The van der Waals surface area contributed by atoms with Crippen LogP contribution in [0.25, 0.3) is 0 Å². The maximum Gasteiger partial charge on any atom is 0.257 e. The van der Waals surface area contributed by atoms with Crippen LogP contribution in [0.2, 0.25) is 0 Å². The molecule has 0 spiro atoms. The summed E-state index contributed by atoms with van der Waals surface area (Å²) in [5.41, 5.74) is 2.99. The summed E-state index contributed by atoms with van der Waals surface area (Å²) in [5.74, 6) is 0.470. The molecule has 0 atom stereocenters. The zero-order chi connectivity index (χ0) is 13.0. The molecule has 0 aliphatic rings. The number of amides is 1. The Morgan fingerprint density at radius 1 is 1.44 bits per heavy atom. The number of carbonyl (C=O) groups is 1. The average Bonchev–Trinajstić information content (AvgIpc) is 2.90. The highest BCUT2D eigenvalue weighted by molar-refractivity contribution is 7.13. The molecule has 2 aromatic heterocycles. The van der Waals surface area contributed by atoms with E-state index in [-0.39, 0.29) is 5.91 Å². The van der Waals surface area contributed by atoms with E-state index in [1.54, 1.807) is 24.7 Å². The minimum absolute atomic E-state index is 0.208. The molecule has 6 nitrogen and oxygen atoms in total. The number of aryl methyl sites for hydroxylation is 1. The largest absolute Gasteiger partial charge is 0.373 e. The molecule has 2 rings (SSSR count). The first-order valence-corrected chi connectivity index (χ1v) is 6.37. The fraction of sp³-hybridized carbons (Fsp3) is 0.273. The van der Waals surface area contributed by atoms with E-state index >= 15 is 0 Å². The highest BCUT2D eigenvalue weighted by Gasteiger charge is 2.10. The lowest BCUT2D eigenvalue weighted by Crippen LogP contribution is -2.13. The molecular formula is C11H13N5OS. The SMILES string of the molecule is CCc1cc(C(=O)Nc2nncs2)cc(NC)n1. The number of nitrogens with one attached hydrogen (secondary N) is 2. The molecule has 0 radical (unpaired) electrons. The van der Waals surface area contributed by atoms with Crippen molar-refractivity contribution in [3.8, 4) is 0 Å². The molecule has 2 N–H and O–H groups in total. The Labute approximate surface area is 108 Å². The van der Waals surface area contributed by atoms with E-state index in [2.05, 4.69) is 25.8 Å². The van der Waals surface area contributed by atoms with Crippen molar-refractivity contribution in [1.29, 1.82) is 0 Å². The standard InChI is InChI=1S/C11H13N5OS/c1-3-8-4-7(5-9(12-2)14-8)10(17)15-11-16-13-6-18-11/h4-6H,3H2,1-2H3,(H,12,14)(H,15,16,17). The average molecular weight is 263 g/mol. The molecule has 0 fully saturated rings. The Kier molecular flexibility index (Phi) is 3.83. The van der Waals surface area contributed by atoms with Gasteiger partial charge in [0.05, 0.1) is 0 Å². The predicted molar refractivity (Wildman–Crippen MR) is 71.0 cm³/mol. The number of aromatic nitrogens is 3. The molecule has 94 valence electrons. The number of nitrogens with zero attached hydrogens (tertiary/aromatic N) is 3. The molecule has 2 heterocycles. The van der Waals surface area contributed by atoms with Gasteiger partial charge in [-0.1, -0.05) is 18.3 Å². The zero-order valence-electron chi connectivity index (χ0n) is 10.1. The van der Waals surface area contributed by atoms with Crippen molar-refractivity contribution < 1.29 is 4.79 Å². The Balaban J connectivity index is 2.23. The highest BCUT2D eigenvalue weighted by Crippen LogP contribution is 2.14. The third kappa shape index (κ3) is 2.80. The van der Waals surface area contributed by atoms with E-state index in [9.17, 15) is 4.79 Å². The van der Waals surface area contributed by atoms with Crippen LogP contribution >= 0.6 is 11.3 Å². The van der Waals surface area contributed by atoms with Gasteiger partial charge in [-0.05, 0) is 18.6 Å². The smallest absolute Gasteiger partial charge is 0.257 e. The Bertz CT molecular complexity index is 518. The van der Waals surface area contributed by atoms with Gasteiger partial charge in [-0.3, -0.25) is 10.1 Å². The Morgan fingerprint density at radius 3 is 2.89 bits per heavy atom. The lowest BCUT2D eigenvalue weighted by Gasteiger charge is -2.07. The number of anilines is 2. The second kappa shape index (κ2) is 5.54. The predicted octanol–water partition coefficient (Wildman–Crippen LogP) is 1.79. The number of hydrogen-bond donors (Lipinski definition) is 2.